The lowest BCUT2D eigenvalue weighted by Crippen LogP contribution is -2.40. The van der Waals surface area contributed by atoms with Crippen LogP contribution in [-0.2, 0) is 0 Å². The molecule has 4 aromatic rings. The van der Waals surface area contributed by atoms with Gasteiger partial charge in [0.05, 0.1) is 5.69 Å². The third kappa shape index (κ3) is 3.62. The van der Waals surface area contributed by atoms with Gasteiger partial charge in [-0.25, -0.2) is 4.98 Å². The number of para-hydroxylation sites is 2. The summed E-state index contributed by atoms with van der Waals surface area (Å²) in [5, 5.41) is 1.21. The van der Waals surface area contributed by atoms with Crippen LogP contribution in [0.5, 0.6) is 0 Å². The molecule has 0 spiro atoms. The highest BCUT2D eigenvalue weighted by Gasteiger charge is 2.34. The van der Waals surface area contributed by atoms with E-state index in [2.05, 4.69) is 107 Å². The van der Waals surface area contributed by atoms with Crippen molar-refractivity contribution in [3.8, 4) is 11.1 Å². The summed E-state index contributed by atoms with van der Waals surface area (Å²) in [4.78, 5) is 14.4. The van der Waals surface area contributed by atoms with E-state index in [1.54, 1.807) is 0 Å². The Morgan fingerprint density at radius 2 is 1.42 bits per heavy atom. The minimum Gasteiger partial charge on any atom is -0.319 e. The van der Waals surface area contributed by atoms with Gasteiger partial charge in [0.25, 0.3) is 0 Å². The third-order valence-electron chi connectivity index (χ3n) is 5.66. The Bertz CT molecular complexity index is 1190. The lowest BCUT2D eigenvalue weighted by molar-refractivity contribution is 0.982. The lowest BCUT2D eigenvalue weighted by Gasteiger charge is -2.23. The second-order valence-electron chi connectivity index (χ2n) is 8.89. The molecule has 0 N–H and O–H groups in total. The first-order valence-electron chi connectivity index (χ1n) is 10.6. The molecule has 0 aliphatic carbocycles. The van der Waals surface area contributed by atoms with Crippen LogP contribution in [0.3, 0.4) is 0 Å². The van der Waals surface area contributed by atoms with Crippen molar-refractivity contribution < 1.29 is 0 Å². The van der Waals surface area contributed by atoms with Gasteiger partial charge in [0, 0.05) is 40.2 Å². The molecule has 0 amide bonds. The van der Waals surface area contributed by atoms with Crippen LogP contribution < -0.4 is 15.1 Å². The van der Waals surface area contributed by atoms with Gasteiger partial charge in [0.15, 0.2) is 5.82 Å². The summed E-state index contributed by atoms with van der Waals surface area (Å²) in [6, 6.07) is 27.6. The molecule has 0 atom stereocenters. The molecular formula is C26H26N4Si. The van der Waals surface area contributed by atoms with E-state index in [4.69, 9.17) is 4.98 Å². The number of hydrogen-bond donors (Lipinski definition) is 0. The second-order valence-corrected chi connectivity index (χ2v) is 13.9. The maximum Gasteiger partial charge on any atom is 0.159 e. The minimum atomic E-state index is -1.65. The summed E-state index contributed by atoms with van der Waals surface area (Å²) in [6.45, 7) is 7.78. The van der Waals surface area contributed by atoms with E-state index in [9.17, 15) is 0 Å². The molecule has 0 saturated carbocycles. The smallest absolute Gasteiger partial charge is 0.159 e. The van der Waals surface area contributed by atoms with Crippen molar-refractivity contribution in [2.75, 3.05) is 16.5 Å². The SMILES string of the molecule is C[Si](C)(C)c1cc(-c2cccnc2)c2c(n1)N(c1ccccc1)CN2c1ccccc1. The zero-order valence-corrected chi connectivity index (χ0v) is 19.2. The second kappa shape index (κ2) is 7.67. The number of pyridine rings is 2. The Balaban J connectivity index is 1.80. The highest BCUT2D eigenvalue weighted by Crippen LogP contribution is 2.47. The van der Waals surface area contributed by atoms with Crippen molar-refractivity contribution in [1.82, 2.24) is 9.97 Å². The van der Waals surface area contributed by atoms with Crippen LogP contribution in [0.1, 0.15) is 0 Å². The molecule has 5 rings (SSSR count). The number of hydrogen-bond acceptors (Lipinski definition) is 4. The van der Waals surface area contributed by atoms with Crippen LogP contribution >= 0.6 is 0 Å². The van der Waals surface area contributed by atoms with Gasteiger partial charge in [0.1, 0.15) is 14.7 Å². The Kier molecular flexibility index (Phi) is 4.83. The molecule has 5 heteroatoms. The van der Waals surface area contributed by atoms with Gasteiger partial charge in [-0.15, -0.1) is 0 Å². The molecule has 2 aromatic carbocycles. The van der Waals surface area contributed by atoms with Gasteiger partial charge in [-0.1, -0.05) is 62.1 Å². The van der Waals surface area contributed by atoms with Crippen LogP contribution in [0, 0.1) is 0 Å². The van der Waals surface area contributed by atoms with E-state index in [1.807, 2.05) is 18.5 Å². The summed E-state index contributed by atoms with van der Waals surface area (Å²) in [6.07, 6.45) is 3.79. The first-order valence-corrected chi connectivity index (χ1v) is 14.1. The molecule has 0 radical (unpaired) electrons. The Hall–Kier alpha value is -3.44. The maximum atomic E-state index is 5.27. The topological polar surface area (TPSA) is 32.3 Å². The fourth-order valence-electron chi connectivity index (χ4n) is 4.02. The van der Waals surface area contributed by atoms with Gasteiger partial charge < -0.3 is 9.80 Å². The van der Waals surface area contributed by atoms with E-state index in [1.165, 1.54) is 10.9 Å². The molecule has 0 bridgehead atoms. The fraction of sp³-hybridized carbons (Fsp3) is 0.154. The van der Waals surface area contributed by atoms with Crippen molar-refractivity contribution in [2.24, 2.45) is 0 Å². The van der Waals surface area contributed by atoms with Crippen LogP contribution in [0.4, 0.5) is 22.9 Å². The van der Waals surface area contributed by atoms with E-state index >= 15 is 0 Å². The molecule has 0 fully saturated rings. The zero-order valence-electron chi connectivity index (χ0n) is 18.2. The number of rotatable bonds is 4. The molecule has 2 aromatic heterocycles. The Morgan fingerprint density at radius 3 is 2.00 bits per heavy atom. The standard InChI is InChI=1S/C26H26N4Si/c1-31(2,3)24-17-23(20-11-10-16-27-18-20)25-26(28-24)30(22-14-8-5-9-15-22)19-29(25)21-12-6-4-7-13-21/h4-18H,19H2,1-3H3. The van der Waals surface area contributed by atoms with E-state index in [0.29, 0.717) is 0 Å². The molecule has 1 aliphatic rings. The molecule has 3 heterocycles. The van der Waals surface area contributed by atoms with Crippen molar-refractivity contribution in [3.05, 3.63) is 91.3 Å². The molecular weight excluding hydrogens is 396 g/mol. The normalized spacial score (nSPS) is 13.4. The summed E-state index contributed by atoms with van der Waals surface area (Å²) >= 11 is 0. The highest BCUT2D eigenvalue weighted by molar-refractivity contribution is 6.88. The molecule has 0 unspecified atom stereocenters. The van der Waals surface area contributed by atoms with Crippen molar-refractivity contribution in [2.45, 2.75) is 19.6 Å². The highest BCUT2D eigenvalue weighted by atomic mass is 28.3. The summed E-state index contributed by atoms with van der Waals surface area (Å²) in [5.74, 6) is 1.02. The van der Waals surface area contributed by atoms with E-state index in [0.717, 1.165) is 35.1 Å². The summed E-state index contributed by atoms with van der Waals surface area (Å²) in [5.41, 5.74) is 5.77. The van der Waals surface area contributed by atoms with Gasteiger partial charge in [-0.3, -0.25) is 4.98 Å². The van der Waals surface area contributed by atoms with Crippen LogP contribution in [0.25, 0.3) is 11.1 Å². The van der Waals surface area contributed by atoms with Crippen molar-refractivity contribution >= 4 is 36.3 Å². The summed E-state index contributed by atoms with van der Waals surface area (Å²) < 4.78 is 0. The van der Waals surface area contributed by atoms with Crippen LogP contribution in [0.15, 0.2) is 91.3 Å². The summed E-state index contributed by atoms with van der Waals surface area (Å²) in [7, 11) is -1.65. The quantitative estimate of drug-likeness (QED) is 0.381. The molecule has 4 nitrogen and oxygen atoms in total. The minimum absolute atomic E-state index is 0.721. The number of anilines is 4. The number of fused-ring (bicyclic) bond motifs is 1. The van der Waals surface area contributed by atoms with Gasteiger partial charge in [-0.2, -0.15) is 0 Å². The van der Waals surface area contributed by atoms with E-state index < -0.39 is 8.07 Å². The third-order valence-corrected chi connectivity index (χ3v) is 7.45. The molecule has 0 saturated heterocycles. The monoisotopic (exact) mass is 422 g/mol. The predicted octanol–water partition coefficient (Wildman–Crippen LogP) is 5.94. The molecule has 1 aliphatic heterocycles. The van der Waals surface area contributed by atoms with E-state index in [-0.39, 0.29) is 0 Å². The molecule has 31 heavy (non-hydrogen) atoms. The first-order chi connectivity index (χ1) is 15.0. The largest absolute Gasteiger partial charge is 0.319 e. The first kappa shape index (κ1) is 19.5. The average molecular weight is 423 g/mol. The van der Waals surface area contributed by atoms with Gasteiger partial charge in [-0.05, 0) is 36.4 Å². The van der Waals surface area contributed by atoms with Crippen LogP contribution in [-0.4, -0.2) is 24.7 Å². The average Bonchev–Trinajstić information content (AvgIpc) is 3.19. The zero-order chi connectivity index (χ0) is 21.4. The predicted molar refractivity (Wildman–Crippen MR) is 132 cm³/mol. The Labute approximate surface area is 184 Å². The molecule has 154 valence electrons. The van der Waals surface area contributed by atoms with Gasteiger partial charge in [0.2, 0.25) is 0 Å². The maximum absolute atomic E-state index is 5.27. The number of aromatic nitrogens is 2. The lowest BCUT2D eigenvalue weighted by atomic mass is 10.1. The number of benzene rings is 2. The fourth-order valence-corrected chi connectivity index (χ4v) is 5.03. The Morgan fingerprint density at radius 1 is 0.774 bits per heavy atom. The van der Waals surface area contributed by atoms with Gasteiger partial charge >= 0.3 is 0 Å². The van der Waals surface area contributed by atoms with Crippen LogP contribution in [0.2, 0.25) is 19.6 Å². The van der Waals surface area contributed by atoms with Crippen molar-refractivity contribution in [1.29, 1.82) is 0 Å². The van der Waals surface area contributed by atoms with Crippen molar-refractivity contribution in [3.63, 3.8) is 0 Å². The number of nitrogens with zero attached hydrogens (tertiary/aromatic N) is 4.